The maximum absolute atomic E-state index is 12.1. The van der Waals surface area contributed by atoms with E-state index in [0.717, 1.165) is 11.3 Å². The molecule has 0 aliphatic carbocycles. The SMILES string of the molecule is CC(Cc1ccco1)NC(=O)CCc1nc(-c2ccc(C(C)C)cc2)no1. The van der Waals surface area contributed by atoms with Gasteiger partial charge in [-0.1, -0.05) is 43.3 Å². The largest absolute Gasteiger partial charge is 0.469 e. The van der Waals surface area contributed by atoms with Crippen LogP contribution in [0.5, 0.6) is 0 Å². The van der Waals surface area contributed by atoms with Crippen LogP contribution in [0.15, 0.2) is 51.6 Å². The second kappa shape index (κ2) is 8.66. The number of carbonyl (C=O) groups excluding carboxylic acids is 1. The number of aryl methyl sites for hydroxylation is 1. The lowest BCUT2D eigenvalue weighted by atomic mass is 10.0. The predicted octanol–water partition coefficient (Wildman–Crippen LogP) is 4.13. The third-order valence-corrected chi connectivity index (χ3v) is 4.36. The topological polar surface area (TPSA) is 81.2 Å². The Labute approximate surface area is 159 Å². The zero-order chi connectivity index (χ0) is 19.2. The highest BCUT2D eigenvalue weighted by atomic mass is 16.5. The highest BCUT2D eigenvalue weighted by Crippen LogP contribution is 2.20. The zero-order valence-electron chi connectivity index (χ0n) is 15.9. The average Bonchev–Trinajstić information content (AvgIpc) is 3.32. The molecular weight excluding hydrogens is 342 g/mol. The summed E-state index contributed by atoms with van der Waals surface area (Å²) in [6, 6.07) is 11.9. The van der Waals surface area contributed by atoms with Crippen molar-refractivity contribution in [2.45, 2.75) is 52.0 Å². The minimum Gasteiger partial charge on any atom is -0.469 e. The number of hydrogen-bond acceptors (Lipinski definition) is 5. The van der Waals surface area contributed by atoms with Crippen LogP contribution in [-0.4, -0.2) is 22.1 Å². The first-order valence-corrected chi connectivity index (χ1v) is 9.26. The van der Waals surface area contributed by atoms with Gasteiger partial charge in [0.2, 0.25) is 17.6 Å². The molecule has 0 radical (unpaired) electrons. The number of carbonyl (C=O) groups is 1. The fraction of sp³-hybridized carbons (Fsp3) is 0.381. The van der Waals surface area contributed by atoms with Crippen molar-refractivity contribution in [3.05, 3.63) is 59.9 Å². The highest BCUT2D eigenvalue weighted by molar-refractivity contribution is 5.76. The minimum atomic E-state index is -0.0462. The molecule has 3 rings (SSSR count). The molecule has 1 atom stereocenters. The Balaban J connectivity index is 1.49. The molecular formula is C21H25N3O3. The van der Waals surface area contributed by atoms with Gasteiger partial charge < -0.3 is 14.3 Å². The fourth-order valence-electron chi connectivity index (χ4n) is 2.84. The van der Waals surface area contributed by atoms with Gasteiger partial charge in [0.25, 0.3) is 0 Å². The smallest absolute Gasteiger partial charge is 0.227 e. The molecule has 1 amide bonds. The number of furan rings is 1. The van der Waals surface area contributed by atoms with Gasteiger partial charge in [0.05, 0.1) is 6.26 Å². The van der Waals surface area contributed by atoms with Gasteiger partial charge >= 0.3 is 0 Å². The van der Waals surface area contributed by atoms with Crippen LogP contribution in [0.3, 0.4) is 0 Å². The van der Waals surface area contributed by atoms with E-state index >= 15 is 0 Å². The van der Waals surface area contributed by atoms with E-state index in [1.807, 2.05) is 31.2 Å². The Morgan fingerprint density at radius 1 is 1.15 bits per heavy atom. The van der Waals surface area contributed by atoms with Crippen LogP contribution in [0, 0.1) is 0 Å². The molecule has 0 spiro atoms. The summed E-state index contributed by atoms with van der Waals surface area (Å²) in [6.45, 7) is 6.26. The maximum atomic E-state index is 12.1. The van der Waals surface area contributed by atoms with Crippen LogP contribution < -0.4 is 5.32 Å². The van der Waals surface area contributed by atoms with Crippen molar-refractivity contribution >= 4 is 5.91 Å². The van der Waals surface area contributed by atoms with E-state index in [1.165, 1.54) is 5.56 Å². The van der Waals surface area contributed by atoms with Crippen LogP contribution in [0.4, 0.5) is 0 Å². The number of benzene rings is 1. The molecule has 0 saturated carbocycles. The number of hydrogen-bond donors (Lipinski definition) is 1. The van der Waals surface area contributed by atoms with E-state index in [4.69, 9.17) is 8.94 Å². The molecule has 0 aliphatic rings. The molecule has 6 heteroatoms. The number of amides is 1. The molecule has 0 fully saturated rings. The lowest BCUT2D eigenvalue weighted by molar-refractivity contribution is -0.121. The second-order valence-electron chi connectivity index (χ2n) is 7.04. The maximum Gasteiger partial charge on any atom is 0.227 e. The average molecular weight is 367 g/mol. The first-order chi connectivity index (χ1) is 13.0. The van der Waals surface area contributed by atoms with Gasteiger partial charge in [-0.2, -0.15) is 4.98 Å². The normalized spacial score (nSPS) is 12.3. The third-order valence-electron chi connectivity index (χ3n) is 4.36. The Kier molecular flexibility index (Phi) is 6.06. The predicted molar refractivity (Wildman–Crippen MR) is 102 cm³/mol. The van der Waals surface area contributed by atoms with Crippen molar-refractivity contribution < 1.29 is 13.7 Å². The number of rotatable bonds is 8. The monoisotopic (exact) mass is 367 g/mol. The number of aromatic nitrogens is 2. The number of nitrogens with one attached hydrogen (secondary N) is 1. The molecule has 2 aromatic heterocycles. The molecule has 1 aromatic carbocycles. The van der Waals surface area contributed by atoms with Crippen molar-refractivity contribution in [1.29, 1.82) is 0 Å². The molecule has 3 aromatic rings. The summed E-state index contributed by atoms with van der Waals surface area (Å²) in [5.74, 6) is 2.30. The van der Waals surface area contributed by atoms with Gasteiger partial charge in [-0.05, 0) is 30.5 Å². The molecule has 6 nitrogen and oxygen atoms in total. The summed E-state index contributed by atoms with van der Waals surface area (Å²) in [5, 5.41) is 6.97. The highest BCUT2D eigenvalue weighted by Gasteiger charge is 2.13. The summed E-state index contributed by atoms with van der Waals surface area (Å²) >= 11 is 0. The van der Waals surface area contributed by atoms with Gasteiger partial charge in [0.1, 0.15) is 5.76 Å². The summed E-state index contributed by atoms with van der Waals surface area (Å²) in [5.41, 5.74) is 2.17. The Morgan fingerprint density at radius 3 is 2.59 bits per heavy atom. The van der Waals surface area contributed by atoms with E-state index in [9.17, 15) is 4.79 Å². The van der Waals surface area contributed by atoms with Gasteiger partial charge in [-0.15, -0.1) is 0 Å². The summed E-state index contributed by atoms with van der Waals surface area (Å²) in [7, 11) is 0. The molecule has 1 unspecified atom stereocenters. The van der Waals surface area contributed by atoms with E-state index in [0.29, 0.717) is 36.9 Å². The van der Waals surface area contributed by atoms with Gasteiger partial charge in [0.15, 0.2) is 0 Å². The fourth-order valence-corrected chi connectivity index (χ4v) is 2.84. The van der Waals surface area contributed by atoms with Crippen molar-refractivity contribution in [2.75, 3.05) is 0 Å². The van der Waals surface area contributed by atoms with Crippen LogP contribution in [0.1, 0.15) is 50.3 Å². The summed E-state index contributed by atoms with van der Waals surface area (Å²) < 4.78 is 10.6. The van der Waals surface area contributed by atoms with Crippen LogP contribution in [0.2, 0.25) is 0 Å². The van der Waals surface area contributed by atoms with Crippen molar-refractivity contribution in [1.82, 2.24) is 15.5 Å². The Bertz CT molecular complexity index is 851. The second-order valence-corrected chi connectivity index (χ2v) is 7.04. The minimum absolute atomic E-state index is 0.00127. The van der Waals surface area contributed by atoms with Crippen LogP contribution >= 0.6 is 0 Å². The molecule has 2 heterocycles. The van der Waals surface area contributed by atoms with Crippen molar-refractivity contribution in [2.24, 2.45) is 0 Å². The zero-order valence-corrected chi connectivity index (χ0v) is 15.9. The van der Waals surface area contributed by atoms with Gasteiger partial charge in [0, 0.05) is 30.9 Å². The first-order valence-electron chi connectivity index (χ1n) is 9.26. The lowest BCUT2D eigenvalue weighted by Gasteiger charge is -2.11. The molecule has 0 bridgehead atoms. The van der Waals surface area contributed by atoms with E-state index in [-0.39, 0.29) is 11.9 Å². The van der Waals surface area contributed by atoms with Crippen LogP contribution in [0.25, 0.3) is 11.4 Å². The van der Waals surface area contributed by atoms with E-state index in [2.05, 4.69) is 41.4 Å². The van der Waals surface area contributed by atoms with Gasteiger partial charge in [-0.3, -0.25) is 4.79 Å². The van der Waals surface area contributed by atoms with E-state index in [1.54, 1.807) is 6.26 Å². The summed E-state index contributed by atoms with van der Waals surface area (Å²) in [6.07, 6.45) is 3.01. The van der Waals surface area contributed by atoms with Crippen molar-refractivity contribution in [3.8, 4) is 11.4 Å². The molecule has 1 N–H and O–H groups in total. The molecule has 0 saturated heterocycles. The number of nitrogens with zero attached hydrogens (tertiary/aromatic N) is 2. The quantitative estimate of drug-likeness (QED) is 0.647. The lowest BCUT2D eigenvalue weighted by Crippen LogP contribution is -2.34. The van der Waals surface area contributed by atoms with Crippen molar-refractivity contribution in [3.63, 3.8) is 0 Å². The molecule has 142 valence electrons. The Hall–Kier alpha value is -2.89. The molecule has 27 heavy (non-hydrogen) atoms. The standard InChI is InChI=1S/C21H25N3O3/c1-14(2)16-6-8-17(9-7-16)21-23-20(27-24-21)11-10-19(25)22-15(3)13-18-5-4-12-26-18/h4-9,12,14-15H,10-11,13H2,1-3H3,(H,22,25). The summed E-state index contributed by atoms with van der Waals surface area (Å²) in [4.78, 5) is 16.5. The molecule has 0 aliphatic heterocycles. The first kappa shape index (κ1) is 18.9. The Morgan fingerprint density at radius 2 is 1.93 bits per heavy atom. The van der Waals surface area contributed by atoms with Crippen LogP contribution in [-0.2, 0) is 17.6 Å². The van der Waals surface area contributed by atoms with E-state index < -0.39 is 0 Å². The third kappa shape index (κ3) is 5.29. The van der Waals surface area contributed by atoms with Gasteiger partial charge in [-0.25, -0.2) is 0 Å².